The zero-order valence-corrected chi connectivity index (χ0v) is 14.7. The molecule has 1 aromatic heterocycles. The van der Waals surface area contributed by atoms with E-state index in [-0.39, 0.29) is 12.2 Å². The number of hydrogen-bond acceptors (Lipinski definition) is 6. The van der Waals surface area contributed by atoms with Crippen molar-refractivity contribution in [2.24, 2.45) is 4.99 Å². The van der Waals surface area contributed by atoms with Gasteiger partial charge >= 0.3 is 5.97 Å². The van der Waals surface area contributed by atoms with E-state index in [2.05, 4.69) is 10.1 Å². The van der Waals surface area contributed by atoms with E-state index in [1.165, 1.54) is 25.6 Å². The standard InChI is InChI=1S/C19H19FN2O4/c1-12-4-5-15(16(20)6-12)19(18(23)24-3)7-13(2)8-21-17(19)25-10-14-9-22-26-11-14/h4-9,11,17H,10H2,1-3H3. The summed E-state index contributed by atoms with van der Waals surface area (Å²) in [7, 11) is 1.26. The number of allylic oxidation sites excluding steroid dienone is 1. The molecule has 0 radical (unpaired) electrons. The Bertz CT molecular complexity index is 860. The highest BCUT2D eigenvalue weighted by atomic mass is 19.1. The molecule has 0 bridgehead atoms. The van der Waals surface area contributed by atoms with E-state index in [1.807, 2.05) is 0 Å². The molecule has 2 atom stereocenters. The second-order valence-corrected chi connectivity index (χ2v) is 6.21. The Morgan fingerprint density at radius 3 is 2.85 bits per heavy atom. The van der Waals surface area contributed by atoms with E-state index in [1.54, 1.807) is 38.3 Å². The molecule has 136 valence electrons. The van der Waals surface area contributed by atoms with Crippen LogP contribution in [0, 0.1) is 12.7 Å². The first kappa shape index (κ1) is 18.0. The average Bonchev–Trinajstić information content (AvgIpc) is 3.13. The molecule has 1 aliphatic heterocycles. The van der Waals surface area contributed by atoms with E-state index in [0.717, 1.165) is 5.56 Å². The minimum Gasteiger partial charge on any atom is -0.468 e. The molecule has 1 aromatic carbocycles. The normalized spacial score (nSPS) is 22.2. The van der Waals surface area contributed by atoms with Crippen LogP contribution in [0.2, 0.25) is 0 Å². The number of carbonyl (C=O) groups is 1. The molecule has 0 amide bonds. The third kappa shape index (κ3) is 3.17. The molecule has 0 saturated heterocycles. The van der Waals surface area contributed by atoms with Gasteiger partial charge in [-0.1, -0.05) is 23.4 Å². The number of ether oxygens (including phenoxy) is 2. The summed E-state index contributed by atoms with van der Waals surface area (Å²) in [4.78, 5) is 17.2. The SMILES string of the molecule is COC(=O)C1(c2ccc(C)cc2F)C=C(C)C=NC1OCc1cnoc1. The van der Waals surface area contributed by atoms with Crippen LogP contribution in [0.3, 0.4) is 0 Å². The molecular formula is C19H19FN2O4. The van der Waals surface area contributed by atoms with Crippen molar-refractivity contribution in [1.29, 1.82) is 0 Å². The van der Waals surface area contributed by atoms with Crippen molar-refractivity contribution in [2.75, 3.05) is 7.11 Å². The summed E-state index contributed by atoms with van der Waals surface area (Å²) in [6.45, 7) is 3.66. The number of aryl methyl sites for hydroxylation is 1. The fraction of sp³-hybridized carbons (Fsp3) is 0.316. The van der Waals surface area contributed by atoms with Crippen molar-refractivity contribution in [3.8, 4) is 0 Å². The van der Waals surface area contributed by atoms with Gasteiger partial charge < -0.3 is 14.0 Å². The van der Waals surface area contributed by atoms with Crippen LogP contribution in [-0.4, -0.2) is 30.7 Å². The smallest absolute Gasteiger partial charge is 0.325 e. The second kappa shape index (κ2) is 7.21. The number of dihydropyridines is 1. The van der Waals surface area contributed by atoms with Gasteiger partial charge in [0.25, 0.3) is 0 Å². The molecule has 0 saturated carbocycles. The van der Waals surface area contributed by atoms with E-state index in [4.69, 9.17) is 14.0 Å². The lowest BCUT2D eigenvalue weighted by Gasteiger charge is -2.36. The molecule has 0 fully saturated rings. The molecule has 1 aliphatic rings. The highest BCUT2D eigenvalue weighted by molar-refractivity contribution is 5.92. The number of rotatable bonds is 5. The number of benzene rings is 1. The number of carbonyl (C=O) groups excluding carboxylic acids is 1. The summed E-state index contributed by atoms with van der Waals surface area (Å²) >= 11 is 0. The van der Waals surface area contributed by atoms with E-state index in [9.17, 15) is 9.18 Å². The molecule has 0 spiro atoms. The number of halogens is 1. The van der Waals surface area contributed by atoms with Crippen LogP contribution >= 0.6 is 0 Å². The lowest BCUT2D eigenvalue weighted by Crippen LogP contribution is -2.48. The fourth-order valence-corrected chi connectivity index (χ4v) is 3.02. The van der Waals surface area contributed by atoms with Crippen LogP contribution < -0.4 is 0 Å². The number of nitrogens with zero attached hydrogens (tertiary/aromatic N) is 2. The van der Waals surface area contributed by atoms with Gasteiger partial charge in [0.15, 0.2) is 11.6 Å². The first-order valence-electron chi connectivity index (χ1n) is 8.05. The number of esters is 1. The van der Waals surface area contributed by atoms with Gasteiger partial charge in [-0.25, -0.2) is 4.39 Å². The topological polar surface area (TPSA) is 73.9 Å². The summed E-state index contributed by atoms with van der Waals surface area (Å²) in [5.41, 5.74) is 0.757. The van der Waals surface area contributed by atoms with Crippen molar-refractivity contribution < 1.29 is 23.2 Å². The fourth-order valence-electron chi connectivity index (χ4n) is 3.02. The number of aliphatic imine (C=N–C) groups is 1. The lowest BCUT2D eigenvalue weighted by atomic mass is 9.75. The van der Waals surface area contributed by atoms with Gasteiger partial charge in [0.2, 0.25) is 0 Å². The highest BCUT2D eigenvalue weighted by Gasteiger charge is 2.50. The quantitative estimate of drug-likeness (QED) is 0.768. The van der Waals surface area contributed by atoms with Gasteiger partial charge in [0, 0.05) is 17.3 Å². The Morgan fingerprint density at radius 1 is 1.38 bits per heavy atom. The Labute approximate surface area is 150 Å². The zero-order chi connectivity index (χ0) is 18.7. The molecule has 7 heteroatoms. The zero-order valence-electron chi connectivity index (χ0n) is 14.7. The predicted molar refractivity (Wildman–Crippen MR) is 92.2 cm³/mol. The Balaban J connectivity index is 2.08. The van der Waals surface area contributed by atoms with Crippen molar-refractivity contribution in [2.45, 2.75) is 32.1 Å². The van der Waals surface area contributed by atoms with Crippen molar-refractivity contribution in [3.63, 3.8) is 0 Å². The second-order valence-electron chi connectivity index (χ2n) is 6.21. The molecule has 2 unspecified atom stereocenters. The first-order chi connectivity index (χ1) is 12.5. The van der Waals surface area contributed by atoms with E-state index in [0.29, 0.717) is 11.1 Å². The summed E-state index contributed by atoms with van der Waals surface area (Å²) in [5.74, 6) is -1.16. The molecule has 6 nitrogen and oxygen atoms in total. The summed E-state index contributed by atoms with van der Waals surface area (Å²) < 4.78 is 30.5. The van der Waals surface area contributed by atoms with Crippen molar-refractivity contribution in [1.82, 2.24) is 5.16 Å². The molecule has 2 aromatic rings. The maximum atomic E-state index is 14.8. The summed E-state index contributed by atoms with van der Waals surface area (Å²) in [6.07, 6.45) is 5.16. The highest BCUT2D eigenvalue weighted by Crippen LogP contribution is 2.39. The number of aromatic nitrogens is 1. The Hall–Kier alpha value is -2.80. The number of methoxy groups -OCH3 is 1. The van der Waals surface area contributed by atoms with Gasteiger partial charge in [-0.05, 0) is 31.1 Å². The molecule has 0 N–H and O–H groups in total. The van der Waals surface area contributed by atoms with E-state index >= 15 is 0 Å². The van der Waals surface area contributed by atoms with Crippen LogP contribution in [0.5, 0.6) is 0 Å². The minimum atomic E-state index is -1.53. The van der Waals surface area contributed by atoms with Crippen LogP contribution in [0.15, 0.2) is 51.8 Å². The molecule has 2 heterocycles. The average molecular weight is 358 g/mol. The monoisotopic (exact) mass is 358 g/mol. The predicted octanol–water partition coefficient (Wildman–Crippen LogP) is 3.11. The maximum absolute atomic E-state index is 14.8. The molecular weight excluding hydrogens is 339 g/mol. The van der Waals surface area contributed by atoms with Crippen molar-refractivity contribution >= 4 is 12.2 Å². The third-order valence-electron chi connectivity index (χ3n) is 4.24. The van der Waals surface area contributed by atoms with Gasteiger partial charge in [-0.2, -0.15) is 0 Å². The minimum absolute atomic E-state index is 0.102. The molecule has 0 aliphatic carbocycles. The lowest BCUT2D eigenvalue weighted by molar-refractivity contribution is -0.152. The van der Waals surface area contributed by atoms with E-state index < -0.39 is 23.4 Å². The van der Waals surface area contributed by atoms with Gasteiger partial charge in [0.1, 0.15) is 12.1 Å². The van der Waals surface area contributed by atoms with Gasteiger partial charge in [-0.15, -0.1) is 0 Å². The van der Waals surface area contributed by atoms with Crippen LogP contribution in [0.1, 0.15) is 23.6 Å². The van der Waals surface area contributed by atoms with Gasteiger partial charge in [0.05, 0.1) is 19.9 Å². The largest absolute Gasteiger partial charge is 0.468 e. The summed E-state index contributed by atoms with van der Waals surface area (Å²) in [5, 5.41) is 3.61. The molecule has 3 rings (SSSR count). The number of hydrogen-bond donors (Lipinski definition) is 0. The first-order valence-corrected chi connectivity index (χ1v) is 8.05. The van der Waals surface area contributed by atoms with Crippen molar-refractivity contribution in [3.05, 3.63) is 64.8 Å². The maximum Gasteiger partial charge on any atom is 0.325 e. The Morgan fingerprint density at radius 2 is 2.19 bits per heavy atom. The van der Waals surface area contributed by atoms with Crippen LogP contribution in [-0.2, 0) is 26.3 Å². The molecule has 26 heavy (non-hydrogen) atoms. The van der Waals surface area contributed by atoms with Crippen LogP contribution in [0.4, 0.5) is 4.39 Å². The third-order valence-corrected chi connectivity index (χ3v) is 4.24. The Kier molecular flexibility index (Phi) is 4.99. The van der Waals surface area contributed by atoms with Gasteiger partial charge in [-0.3, -0.25) is 9.79 Å². The van der Waals surface area contributed by atoms with Crippen LogP contribution in [0.25, 0.3) is 0 Å². The summed E-state index contributed by atoms with van der Waals surface area (Å²) in [6, 6.07) is 4.68.